The number of amides is 1. The number of carboxylic acid groups (broad SMARTS) is 1. The molecule has 1 amide bonds. The number of rotatable bonds is 9. The van der Waals surface area contributed by atoms with Crippen molar-refractivity contribution in [2.75, 3.05) is 19.8 Å². The number of carbonyl (C=O) groups is 2. The molecule has 2 aromatic carbocycles. The van der Waals surface area contributed by atoms with E-state index in [-0.39, 0.29) is 18.1 Å². The highest BCUT2D eigenvalue weighted by atomic mass is 35.5. The Morgan fingerprint density at radius 3 is 2.73 bits per heavy atom. The maximum atomic E-state index is 13.0. The average Bonchev–Trinajstić information content (AvgIpc) is 3.07. The van der Waals surface area contributed by atoms with Gasteiger partial charge in [0.2, 0.25) is 0 Å². The van der Waals surface area contributed by atoms with Crippen LogP contribution in [0.25, 0.3) is 6.08 Å². The summed E-state index contributed by atoms with van der Waals surface area (Å²) < 4.78 is 11.3. The molecule has 0 aromatic heterocycles. The molecule has 172 valence electrons. The monoisotopic (exact) mass is 486 g/mol. The molecule has 1 aliphatic rings. The van der Waals surface area contributed by atoms with E-state index in [0.29, 0.717) is 51.0 Å². The van der Waals surface area contributed by atoms with Crippen molar-refractivity contribution in [1.29, 1.82) is 0 Å². The van der Waals surface area contributed by atoms with Gasteiger partial charge in [0.1, 0.15) is 6.61 Å². The zero-order valence-electron chi connectivity index (χ0n) is 18.2. The third-order valence-electron chi connectivity index (χ3n) is 4.50. The standard InChI is InChI=1S/C24H23ClN2O5S/c1-4-10-32-21-18(25)11-15(12-19(21)31-6-3)13-20-22(28)27(5-2)24(33-20)26-17-9-7-8-16(14-17)23(29)30/h4,7-9,11-14H,1,5-6,10H2,2-3H3,(H,29,30). The highest BCUT2D eigenvalue weighted by molar-refractivity contribution is 8.18. The van der Waals surface area contributed by atoms with Crippen LogP contribution in [0.5, 0.6) is 11.5 Å². The van der Waals surface area contributed by atoms with Crippen molar-refractivity contribution in [3.8, 4) is 11.5 Å². The molecule has 9 heteroatoms. The molecule has 0 radical (unpaired) electrons. The summed E-state index contributed by atoms with van der Waals surface area (Å²) in [6.07, 6.45) is 3.33. The second-order valence-electron chi connectivity index (χ2n) is 6.77. The molecular formula is C24H23ClN2O5S. The summed E-state index contributed by atoms with van der Waals surface area (Å²) in [5, 5.41) is 10.0. The normalized spacial score (nSPS) is 15.8. The molecule has 1 heterocycles. The predicted molar refractivity (Wildman–Crippen MR) is 132 cm³/mol. The molecule has 0 spiro atoms. The molecule has 0 saturated carbocycles. The number of likely N-dealkylation sites (N-methyl/N-ethyl adjacent to an activating group) is 1. The summed E-state index contributed by atoms with van der Waals surface area (Å²) in [6.45, 7) is 8.46. The first-order chi connectivity index (χ1) is 15.9. The van der Waals surface area contributed by atoms with Crippen LogP contribution in [0, 0.1) is 0 Å². The van der Waals surface area contributed by atoms with E-state index >= 15 is 0 Å². The van der Waals surface area contributed by atoms with Crippen molar-refractivity contribution >= 4 is 52.2 Å². The fourth-order valence-corrected chi connectivity index (χ4v) is 4.39. The highest BCUT2D eigenvalue weighted by Gasteiger charge is 2.32. The Bertz CT molecular complexity index is 1150. The second-order valence-corrected chi connectivity index (χ2v) is 8.19. The maximum absolute atomic E-state index is 13.0. The zero-order chi connectivity index (χ0) is 24.0. The lowest BCUT2D eigenvalue weighted by atomic mass is 10.1. The molecule has 0 atom stereocenters. The van der Waals surface area contributed by atoms with Crippen molar-refractivity contribution in [1.82, 2.24) is 4.90 Å². The molecule has 2 aromatic rings. The molecule has 1 fully saturated rings. The quantitative estimate of drug-likeness (QED) is 0.365. The zero-order valence-corrected chi connectivity index (χ0v) is 19.8. The van der Waals surface area contributed by atoms with Crippen LogP contribution in [0.4, 0.5) is 5.69 Å². The summed E-state index contributed by atoms with van der Waals surface area (Å²) in [5.41, 5.74) is 1.26. The number of nitrogens with zero attached hydrogens (tertiary/aromatic N) is 2. The third-order valence-corrected chi connectivity index (χ3v) is 5.78. The summed E-state index contributed by atoms with van der Waals surface area (Å²) in [6, 6.07) is 9.72. The number of aromatic carboxylic acids is 1. The fourth-order valence-electron chi connectivity index (χ4n) is 3.06. The summed E-state index contributed by atoms with van der Waals surface area (Å²) in [7, 11) is 0. The Kier molecular flexibility index (Phi) is 8.19. The fraction of sp³-hybridized carbons (Fsp3) is 0.208. The number of carboxylic acids is 1. The Morgan fingerprint density at radius 1 is 1.27 bits per heavy atom. The van der Waals surface area contributed by atoms with Crippen LogP contribution >= 0.6 is 23.4 Å². The van der Waals surface area contributed by atoms with Gasteiger partial charge in [-0.15, -0.1) is 0 Å². The Hall–Kier alpha value is -3.23. The van der Waals surface area contributed by atoms with Gasteiger partial charge in [-0.3, -0.25) is 9.69 Å². The van der Waals surface area contributed by atoms with E-state index in [9.17, 15) is 14.7 Å². The molecule has 0 aliphatic carbocycles. The summed E-state index contributed by atoms with van der Waals surface area (Å²) in [4.78, 5) is 30.7. The van der Waals surface area contributed by atoms with Crippen LogP contribution in [-0.4, -0.2) is 46.8 Å². The van der Waals surface area contributed by atoms with Crippen molar-refractivity contribution in [2.45, 2.75) is 13.8 Å². The van der Waals surface area contributed by atoms with Crippen LogP contribution in [0.3, 0.4) is 0 Å². The number of amidine groups is 1. The second kappa shape index (κ2) is 11.1. The molecule has 0 unspecified atom stereocenters. The molecular weight excluding hydrogens is 464 g/mol. The number of carbonyl (C=O) groups excluding carboxylic acids is 1. The number of hydrogen-bond donors (Lipinski definition) is 1. The SMILES string of the molecule is C=CCOc1c(Cl)cc(C=C2SC(=Nc3cccc(C(=O)O)c3)N(CC)C2=O)cc1OCC. The van der Waals surface area contributed by atoms with Crippen molar-refractivity contribution in [2.24, 2.45) is 4.99 Å². The molecule has 1 aliphatic heterocycles. The van der Waals surface area contributed by atoms with E-state index in [0.717, 1.165) is 0 Å². The molecule has 3 rings (SSSR count). The van der Waals surface area contributed by atoms with Crippen LogP contribution in [0.2, 0.25) is 5.02 Å². The van der Waals surface area contributed by atoms with E-state index in [1.54, 1.807) is 36.4 Å². The van der Waals surface area contributed by atoms with Gasteiger partial charge in [-0.2, -0.15) is 0 Å². The number of ether oxygens (including phenoxy) is 2. The average molecular weight is 487 g/mol. The van der Waals surface area contributed by atoms with Crippen molar-refractivity contribution in [3.63, 3.8) is 0 Å². The lowest BCUT2D eigenvalue weighted by Gasteiger charge is -2.13. The molecule has 1 N–H and O–H groups in total. The number of benzene rings is 2. The van der Waals surface area contributed by atoms with Crippen LogP contribution in [0.1, 0.15) is 29.8 Å². The van der Waals surface area contributed by atoms with E-state index in [1.165, 1.54) is 28.8 Å². The number of aliphatic imine (C=N–C) groups is 1. The van der Waals surface area contributed by atoms with Gasteiger partial charge in [0.15, 0.2) is 16.7 Å². The van der Waals surface area contributed by atoms with Gasteiger partial charge in [0.05, 0.1) is 27.8 Å². The van der Waals surface area contributed by atoms with Crippen LogP contribution < -0.4 is 9.47 Å². The van der Waals surface area contributed by atoms with E-state index in [2.05, 4.69) is 11.6 Å². The molecule has 1 saturated heterocycles. The van der Waals surface area contributed by atoms with Crippen molar-refractivity contribution < 1.29 is 24.2 Å². The largest absolute Gasteiger partial charge is 0.490 e. The van der Waals surface area contributed by atoms with Gasteiger partial charge in [-0.05, 0) is 67.6 Å². The first kappa shape index (κ1) is 24.4. The summed E-state index contributed by atoms with van der Waals surface area (Å²) in [5.74, 6) is -0.345. The Morgan fingerprint density at radius 2 is 2.06 bits per heavy atom. The predicted octanol–water partition coefficient (Wildman–Crippen LogP) is 5.63. The third kappa shape index (κ3) is 5.77. The van der Waals surface area contributed by atoms with Crippen molar-refractivity contribution in [3.05, 3.63) is 70.1 Å². The molecule has 0 bridgehead atoms. The van der Waals surface area contributed by atoms with Gasteiger partial charge < -0.3 is 14.6 Å². The van der Waals surface area contributed by atoms with E-state index < -0.39 is 5.97 Å². The Labute approximate surface area is 201 Å². The first-order valence-corrected chi connectivity index (χ1v) is 11.4. The molecule has 7 nitrogen and oxygen atoms in total. The first-order valence-electron chi connectivity index (χ1n) is 10.2. The highest BCUT2D eigenvalue weighted by Crippen LogP contribution is 2.39. The lowest BCUT2D eigenvalue weighted by molar-refractivity contribution is -0.122. The minimum absolute atomic E-state index is 0.127. The minimum atomic E-state index is -1.04. The van der Waals surface area contributed by atoms with Crippen LogP contribution in [-0.2, 0) is 4.79 Å². The number of thioether (sulfide) groups is 1. The van der Waals surface area contributed by atoms with E-state index in [4.69, 9.17) is 21.1 Å². The van der Waals surface area contributed by atoms with Gasteiger partial charge in [0, 0.05) is 6.54 Å². The van der Waals surface area contributed by atoms with Crippen LogP contribution in [0.15, 0.2) is 59.0 Å². The smallest absolute Gasteiger partial charge is 0.335 e. The number of hydrogen-bond acceptors (Lipinski definition) is 6. The van der Waals surface area contributed by atoms with Gasteiger partial charge >= 0.3 is 5.97 Å². The van der Waals surface area contributed by atoms with Gasteiger partial charge in [-0.1, -0.05) is 30.3 Å². The van der Waals surface area contributed by atoms with Gasteiger partial charge in [-0.25, -0.2) is 9.79 Å². The topological polar surface area (TPSA) is 88.4 Å². The molecule has 33 heavy (non-hydrogen) atoms. The minimum Gasteiger partial charge on any atom is -0.490 e. The lowest BCUT2D eigenvalue weighted by Crippen LogP contribution is -2.28. The van der Waals surface area contributed by atoms with Gasteiger partial charge in [0.25, 0.3) is 5.91 Å². The number of halogens is 1. The Balaban J connectivity index is 1.96. The summed E-state index contributed by atoms with van der Waals surface area (Å²) >= 11 is 7.63. The maximum Gasteiger partial charge on any atom is 0.335 e. The van der Waals surface area contributed by atoms with E-state index in [1.807, 2.05) is 13.8 Å².